The van der Waals surface area contributed by atoms with Crippen molar-refractivity contribution in [3.8, 4) is 0 Å². The average Bonchev–Trinajstić information content (AvgIpc) is 2.99. The maximum Gasteiger partial charge on any atom is 0.138 e. The lowest BCUT2D eigenvalue weighted by Gasteiger charge is -2.13. The van der Waals surface area contributed by atoms with Crippen LogP contribution in [-0.2, 0) is 12.8 Å². The highest BCUT2D eigenvalue weighted by atomic mass is 32.1. The van der Waals surface area contributed by atoms with Crippen molar-refractivity contribution >= 4 is 27.4 Å². The first kappa shape index (κ1) is 15.5. The number of rotatable bonds is 6. The van der Waals surface area contributed by atoms with Gasteiger partial charge in [-0.25, -0.2) is 9.97 Å². The molecule has 0 saturated carbocycles. The van der Waals surface area contributed by atoms with Gasteiger partial charge in [0.05, 0.1) is 5.39 Å². The SMILES string of the molecule is CCc1nc(NCCC2=CCCCC2)c2cc(CC)sc2n1. The third-order valence-electron chi connectivity index (χ3n) is 4.28. The zero-order valence-electron chi connectivity index (χ0n) is 13.6. The smallest absolute Gasteiger partial charge is 0.138 e. The molecule has 0 spiro atoms. The lowest BCUT2D eigenvalue weighted by Crippen LogP contribution is -2.07. The molecule has 0 aromatic carbocycles. The zero-order chi connectivity index (χ0) is 15.4. The quantitative estimate of drug-likeness (QED) is 0.752. The molecule has 0 fully saturated rings. The monoisotopic (exact) mass is 315 g/mol. The Morgan fingerprint density at radius 1 is 1.18 bits per heavy atom. The summed E-state index contributed by atoms with van der Waals surface area (Å²) < 4.78 is 0. The standard InChI is InChI=1S/C18H25N3S/c1-3-14-12-15-17(20-16(4-2)21-18(15)22-14)19-11-10-13-8-6-5-7-9-13/h8,12H,3-7,9-11H2,1-2H3,(H,19,20,21). The molecule has 0 aliphatic heterocycles. The van der Waals surface area contributed by atoms with E-state index in [1.807, 2.05) is 0 Å². The van der Waals surface area contributed by atoms with Crippen LogP contribution in [-0.4, -0.2) is 16.5 Å². The van der Waals surface area contributed by atoms with Gasteiger partial charge in [0.25, 0.3) is 0 Å². The molecule has 2 heterocycles. The number of hydrogen-bond acceptors (Lipinski definition) is 4. The summed E-state index contributed by atoms with van der Waals surface area (Å²) in [6, 6.07) is 2.25. The van der Waals surface area contributed by atoms with Crippen molar-refractivity contribution < 1.29 is 0 Å². The summed E-state index contributed by atoms with van der Waals surface area (Å²) in [7, 11) is 0. The van der Waals surface area contributed by atoms with Gasteiger partial charge in [0, 0.05) is 17.8 Å². The van der Waals surface area contributed by atoms with Crippen LogP contribution in [0.1, 0.15) is 56.7 Å². The first-order chi connectivity index (χ1) is 10.8. The maximum absolute atomic E-state index is 4.71. The van der Waals surface area contributed by atoms with Crippen molar-refractivity contribution in [1.82, 2.24) is 9.97 Å². The highest BCUT2D eigenvalue weighted by Crippen LogP contribution is 2.29. The lowest BCUT2D eigenvalue weighted by molar-refractivity contribution is 0.679. The number of fused-ring (bicyclic) bond motifs is 1. The third kappa shape index (κ3) is 3.49. The van der Waals surface area contributed by atoms with Crippen molar-refractivity contribution in [1.29, 1.82) is 0 Å². The van der Waals surface area contributed by atoms with E-state index in [4.69, 9.17) is 4.98 Å². The van der Waals surface area contributed by atoms with E-state index >= 15 is 0 Å². The molecule has 0 saturated heterocycles. The Hall–Kier alpha value is -1.42. The van der Waals surface area contributed by atoms with Crippen molar-refractivity contribution in [3.63, 3.8) is 0 Å². The molecule has 1 aliphatic rings. The van der Waals surface area contributed by atoms with Gasteiger partial charge < -0.3 is 5.32 Å². The van der Waals surface area contributed by atoms with Gasteiger partial charge in [0.1, 0.15) is 16.5 Å². The molecule has 3 rings (SSSR count). The van der Waals surface area contributed by atoms with Crippen LogP contribution >= 0.6 is 11.3 Å². The Labute approximate surface area is 136 Å². The molecule has 22 heavy (non-hydrogen) atoms. The van der Waals surface area contributed by atoms with Gasteiger partial charge in [-0.3, -0.25) is 0 Å². The minimum absolute atomic E-state index is 0.884. The Morgan fingerprint density at radius 3 is 2.82 bits per heavy atom. The first-order valence-corrected chi connectivity index (χ1v) is 9.33. The van der Waals surface area contributed by atoms with Crippen LogP contribution < -0.4 is 5.32 Å². The zero-order valence-corrected chi connectivity index (χ0v) is 14.4. The number of allylic oxidation sites excluding steroid dienone is 1. The molecule has 1 N–H and O–H groups in total. The average molecular weight is 315 g/mol. The largest absolute Gasteiger partial charge is 0.369 e. The highest BCUT2D eigenvalue weighted by molar-refractivity contribution is 7.18. The second kappa shape index (κ2) is 7.23. The topological polar surface area (TPSA) is 37.8 Å². The van der Waals surface area contributed by atoms with E-state index < -0.39 is 0 Å². The number of anilines is 1. The first-order valence-electron chi connectivity index (χ1n) is 8.51. The summed E-state index contributed by atoms with van der Waals surface area (Å²) >= 11 is 1.80. The van der Waals surface area contributed by atoms with E-state index in [0.717, 1.165) is 42.3 Å². The van der Waals surface area contributed by atoms with Crippen molar-refractivity contribution in [2.45, 2.75) is 58.8 Å². The molecule has 2 aromatic heterocycles. The van der Waals surface area contributed by atoms with E-state index in [1.165, 1.54) is 35.9 Å². The number of nitrogens with zero attached hydrogens (tertiary/aromatic N) is 2. The molecule has 3 nitrogen and oxygen atoms in total. The molecule has 1 aliphatic carbocycles. The molecular formula is C18H25N3S. The van der Waals surface area contributed by atoms with E-state index in [2.05, 4.69) is 36.3 Å². The summed E-state index contributed by atoms with van der Waals surface area (Å²) in [6.45, 7) is 5.28. The predicted octanol–water partition coefficient (Wildman–Crippen LogP) is 5.12. The number of aryl methyl sites for hydroxylation is 2. The summed E-state index contributed by atoms with van der Waals surface area (Å²) in [5.41, 5.74) is 1.61. The molecule has 2 aromatic rings. The van der Waals surface area contributed by atoms with Crippen LogP contribution in [0.25, 0.3) is 10.2 Å². The van der Waals surface area contributed by atoms with E-state index in [9.17, 15) is 0 Å². The molecule has 0 amide bonds. The summed E-state index contributed by atoms with van der Waals surface area (Å²) in [5.74, 6) is 1.96. The maximum atomic E-state index is 4.71. The van der Waals surface area contributed by atoms with Gasteiger partial charge in [-0.1, -0.05) is 25.5 Å². The van der Waals surface area contributed by atoms with Crippen molar-refractivity contribution in [2.75, 3.05) is 11.9 Å². The molecule has 0 atom stereocenters. The molecule has 0 unspecified atom stereocenters. The van der Waals surface area contributed by atoms with Crippen LogP contribution in [0.3, 0.4) is 0 Å². The summed E-state index contributed by atoms with van der Waals surface area (Å²) in [5, 5.41) is 4.75. The molecule has 118 valence electrons. The number of aromatic nitrogens is 2. The number of hydrogen-bond donors (Lipinski definition) is 1. The Kier molecular flexibility index (Phi) is 5.08. The second-order valence-corrected chi connectivity index (χ2v) is 7.03. The molecule has 0 bridgehead atoms. The number of nitrogens with one attached hydrogen (secondary N) is 1. The van der Waals surface area contributed by atoms with Crippen LogP contribution in [0.15, 0.2) is 17.7 Å². The van der Waals surface area contributed by atoms with Crippen LogP contribution in [0, 0.1) is 0 Å². The van der Waals surface area contributed by atoms with Gasteiger partial charge in [0.2, 0.25) is 0 Å². The van der Waals surface area contributed by atoms with Crippen molar-refractivity contribution in [2.24, 2.45) is 0 Å². The molecule has 4 heteroatoms. The Bertz CT molecular complexity index is 672. The fourth-order valence-electron chi connectivity index (χ4n) is 2.96. The molecular weight excluding hydrogens is 290 g/mol. The van der Waals surface area contributed by atoms with Gasteiger partial charge in [-0.15, -0.1) is 11.3 Å². The minimum Gasteiger partial charge on any atom is -0.369 e. The van der Waals surface area contributed by atoms with E-state index in [1.54, 1.807) is 16.9 Å². The van der Waals surface area contributed by atoms with Gasteiger partial charge in [0.15, 0.2) is 0 Å². The predicted molar refractivity (Wildman–Crippen MR) is 95.8 cm³/mol. The third-order valence-corrected chi connectivity index (χ3v) is 5.45. The minimum atomic E-state index is 0.884. The van der Waals surface area contributed by atoms with Crippen LogP contribution in [0.5, 0.6) is 0 Å². The number of thiophene rings is 1. The Balaban J connectivity index is 1.76. The van der Waals surface area contributed by atoms with Crippen LogP contribution in [0.4, 0.5) is 5.82 Å². The second-order valence-electron chi connectivity index (χ2n) is 5.91. The lowest BCUT2D eigenvalue weighted by atomic mass is 9.97. The van der Waals surface area contributed by atoms with E-state index in [-0.39, 0.29) is 0 Å². The summed E-state index contributed by atoms with van der Waals surface area (Å²) in [4.78, 5) is 11.9. The van der Waals surface area contributed by atoms with Crippen molar-refractivity contribution in [3.05, 3.63) is 28.4 Å². The normalized spacial score (nSPS) is 15.1. The van der Waals surface area contributed by atoms with Gasteiger partial charge in [-0.2, -0.15) is 0 Å². The fourth-order valence-corrected chi connectivity index (χ4v) is 3.94. The van der Waals surface area contributed by atoms with Gasteiger partial charge >= 0.3 is 0 Å². The Morgan fingerprint density at radius 2 is 2.09 bits per heavy atom. The fraction of sp³-hybridized carbons (Fsp3) is 0.556. The highest BCUT2D eigenvalue weighted by Gasteiger charge is 2.11. The van der Waals surface area contributed by atoms with E-state index in [0.29, 0.717) is 0 Å². The molecule has 0 radical (unpaired) electrons. The van der Waals surface area contributed by atoms with Crippen LogP contribution in [0.2, 0.25) is 0 Å². The summed E-state index contributed by atoms with van der Waals surface area (Å²) in [6.07, 6.45) is 10.8. The van der Waals surface area contributed by atoms with Gasteiger partial charge in [-0.05, 0) is 44.6 Å².